The molecule has 0 spiro atoms. The first-order valence-electron chi connectivity index (χ1n) is 14.2. The second-order valence-electron chi connectivity index (χ2n) is 10.5. The van der Waals surface area contributed by atoms with Crippen molar-refractivity contribution in [1.29, 1.82) is 0 Å². The van der Waals surface area contributed by atoms with Crippen LogP contribution in [0.1, 0.15) is 34.9 Å². The summed E-state index contributed by atoms with van der Waals surface area (Å²) in [5.41, 5.74) is 0.388. The molecule has 235 valence electrons. The number of nitrogens with zero attached hydrogens (tertiary/aromatic N) is 1. The topological polar surface area (TPSA) is 133 Å². The van der Waals surface area contributed by atoms with E-state index in [1.54, 1.807) is 21.1 Å². The number of methoxy groups -OCH3 is 2. The molecule has 13 heteroatoms. The summed E-state index contributed by atoms with van der Waals surface area (Å²) in [4.78, 5) is 39.8. The fourth-order valence-electron chi connectivity index (χ4n) is 5.45. The molecular formula is C32H34BN2O9P-. The van der Waals surface area contributed by atoms with E-state index in [2.05, 4.69) is 4.98 Å². The Morgan fingerprint density at radius 1 is 0.933 bits per heavy atom. The maximum absolute atomic E-state index is 12.8. The third kappa shape index (κ3) is 6.91. The maximum atomic E-state index is 12.8. The predicted molar refractivity (Wildman–Crippen MR) is 167 cm³/mol. The van der Waals surface area contributed by atoms with Crippen LogP contribution in [-0.2, 0) is 24.1 Å². The highest BCUT2D eigenvalue weighted by Crippen LogP contribution is 2.51. The van der Waals surface area contributed by atoms with Gasteiger partial charge in [0.15, 0.2) is 0 Å². The minimum atomic E-state index is -3.97. The molecule has 4 atom stereocenters. The van der Waals surface area contributed by atoms with Crippen LogP contribution in [0.2, 0.25) is 0 Å². The van der Waals surface area contributed by atoms with Gasteiger partial charge in [-0.1, -0.05) is 54.6 Å². The summed E-state index contributed by atoms with van der Waals surface area (Å²) in [7, 11) is 6.20. The molecule has 1 saturated heterocycles. The Labute approximate surface area is 262 Å². The molecule has 0 saturated carbocycles. The molecule has 5 rings (SSSR count). The van der Waals surface area contributed by atoms with Crippen LogP contribution >= 0.6 is 7.82 Å². The van der Waals surface area contributed by atoms with Crippen molar-refractivity contribution in [2.45, 2.75) is 37.4 Å². The van der Waals surface area contributed by atoms with Crippen LogP contribution in [0.3, 0.4) is 0 Å². The minimum Gasteiger partial charge on any atom is -0.675 e. The van der Waals surface area contributed by atoms with Crippen molar-refractivity contribution in [2.75, 3.05) is 27.9 Å². The van der Waals surface area contributed by atoms with Gasteiger partial charge < -0.3 is 23.8 Å². The van der Waals surface area contributed by atoms with Gasteiger partial charge in [0.2, 0.25) is 0 Å². The van der Waals surface area contributed by atoms with E-state index in [0.717, 1.165) is 16.7 Å². The van der Waals surface area contributed by atoms with Crippen LogP contribution in [0.25, 0.3) is 0 Å². The van der Waals surface area contributed by atoms with Crippen molar-refractivity contribution in [1.82, 2.24) is 9.55 Å². The van der Waals surface area contributed by atoms with Crippen molar-refractivity contribution in [2.24, 2.45) is 0 Å². The van der Waals surface area contributed by atoms with Gasteiger partial charge in [-0.05, 0) is 55.7 Å². The molecule has 1 aliphatic heterocycles. The summed E-state index contributed by atoms with van der Waals surface area (Å²) in [6.45, 7) is 1.49. The third-order valence-corrected chi connectivity index (χ3v) is 8.88. The van der Waals surface area contributed by atoms with Crippen molar-refractivity contribution in [3.05, 3.63) is 128 Å². The standard InChI is InChI=1S/C32H34BN2O9P/c1-21-19-35(31(37)34-30(21)36)29-18-27(44-45(33,38)41-4)28(43-29)20-42-32(22-8-6-5-7-9-22,23-10-14-25(39-2)15-11-23)24-12-16-26(40-3)17-13-24/h5-17,19,27-29H,18,20H2,1-4H3,(H,34,36,37)/q-1/t27-,28+,29+,45?/m0/s1. The van der Waals surface area contributed by atoms with E-state index in [0.29, 0.717) is 17.1 Å². The fourth-order valence-corrected chi connectivity index (χ4v) is 6.13. The van der Waals surface area contributed by atoms with Crippen molar-refractivity contribution in [3.63, 3.8) is 0 Å². The first kappa shape index (κ1) is 32.6. The predicted octanol–water partition coefficient (Wildman–Crippen LogP) is 3.40. The molecule has 1 N–H and O–H groups in total. The van der Waals surface area contributed by atoms with Crippen LogP contribution in [0.5, 0.6) is 11.5 Å². The van der Waals surface area contributed by atoms with Crippen molar-refractivity contribution >= 4 is 15.4 Å². The Hall–Kier alpha value is -3.77. The highest BCUT2D eigenvalue weighted by Gasteiger charge is 2.44. The molecule has 3 radical (unpaired) electrons. The van der Waals surface area contributed by atoms with Crippen LogP contribution in [0.15, 0.2) is 94.6 Å². The smallest absolute Gasteiger partial charge is 0.330 e. The molecule has 0 aliphatic carbocycles. The van der Waals surface area contributed by atoms with Gasteiger partial charge in [0, 0.05) is 18.2 Å². The lowest BCUT2D eigenvalue weighted by atomic mass is 9.80. The van der Waals surface area contributed by atoms with E-state index in [-0.39, 0.29) is 13.0 Å². The summed E-state index contributed by atoms with van der Waals surface area (Å²) < 4.78 is 36.0. The number of ether oxygens (including phenoxy) is 4. The third-order valence-electron chi connectivity index (χ3n) is 7.81. The van der Waals surface area contributed by atoms with Gasteiger partial charge in [-0.3, -0.25) is 23.4 Å². The van der Waals surface area contributed by atoms with Gasteiger partial charge >= 0.3 is 5.69 Å². The van der Waals surface area contributed by atoms with Gasteiger partial charge in [0.1, 0.15) is 35.5 Å². The van der Waals surface area contributed by atoms with Crippen molar-refractivity contribution < 1.29 is 32.9 Å². The van der Waals surface area contributed by atoms with Crippen LogP contribution in [0.4, 0.5) is 0 Å². The maximum Gasteiger partial charge on any atom is 0.330 e. The zero-order valence-corrected chi connectivity index (χ0v) is 26.3. The number of hydrogen-bond acceptors (Lipinski definition) is 9. The molecule has 45 heavy (non-hydrogen) atoms. The van der Waals surface area contributed by atoms with Gasteiger partial charge in [-0.2, -0.15) is 0 Å². The lowest BCUT2D eigenvalue weighted by Gasteiger charge is -2.40. The van der Waals surface area contributed by atoms with E-state index in [1.807, 2.05) is 78.9 Å². The lowest BCUT2D eigenvalue weighted by molar-refractivity contribution is -0.214. The van der Waals surface area contributed by atoms with E-state index >= 15 is 0 Å². The Kier molecular flexibility index (Phi) is 9.93. The van der Waals surface area contributed by atoms with E-state index < -0.39 is 43.1 Å². The molecule has 1 aliphatic rings. The van der Waals surface area contributed by atoms with Gasteiger partial charge in [0.05, 0.1) is 27.9 Å². The van der Waals surface area contributed by atoms with Gasteiger partial charge in [0.25, 0.3) is 5.56 Å². The molecule has 1 aromatic heterocycles. The Morgan fingerprint density at radius 3 is 2.02 bits per heavy atom. The Bertz CT molecular complexity index is 1650. The molecule has 2 heterocycles. The summed E-state index contributed by atoms with van der Waals surface area (Å²) in [5, 5.41) is 0. The normalized spacial score (nSPS) is 19.6. The first-order valence-corrected chi connectivity index (χ1v) is 15.8. The average Bonchev–Trinajstić information content (AvgIpc) is 3.45. The summed E-state index contributed by atoms with van der Waals surface area (Å²) >= 11 is 0. The average molecular weight is 632 g/mol. The number of rotatable bonds is 12. The van der Waals surface area contributed by atoms with Crippen molar-refractivity contribution in [3.8, 4) is 11.5 Å². The highest BCUT2D eigenvalue weighted by atomic mass is 31.2. The van der Waals surface area contributed by atoms with Gasteiger partial charge in [-0.25, -0.2) is 12.4 Å². The lowest BCUT2D eigenvalue weighted by Crippen LogP contribution is -2.39. The molecule has 4 aromatic rings. The van der Waals surface area contributed by atoms with Crippen LogP contribution < -0.4 is 25.6 Å². The summed E-state index contributed by atoms with van der Waals surface area (Å²) in [6, 6.07) is 24.8. The zero-order chi connectivity index (χ0) is 32.2. The molecule has 3 aromatic carbocycles. The first-order chi connectivity index (χ1) is 21.6. The SMILES string of the molecule is [B-][P+]([O-])(OC)O[C@H]1C[C@H](n2cc(C)c(=O)[nH]c2=O)O[C@@H]1COC(c1ccccc1)(c1ccc(OC)cc1)c1ccc(OC)cc1. The summed E-state index contributed by atoms with van der Waals surface area (Å²) in [6.07, 6.45) is -1.15. The number of benzene rings is 3. The zero-order valence-electron chi connectivity index (χ0n) is 25.4. The number of nitrogens with one attached hydrogen (secondary N) is 1. The largest absolute Gasteiger partial charge is 0.675 e. The molecule has 1 fully saturated rings. The number of aromatic amines is 1. The van der Waals surface area contributed by atoms with Crippen LogP contribution in [-0.4, -0.2) is 57.3 Å². The Morgan fingerprint density at radius 2 is 1.49 bits per heavy atom. The number of hydrogen-bond donors (Lipinski definition) is 1. The molecule has 0 amide bonds. The quantitative estimate of drug-likeness (QED) is 0.142. The number of aromatic nitrogens is 2. The number of H-pyrrole nitrogens is 1. The molecule has 11 nitrogen and oxygen atoms in total. The van der Waals surface area contributed by atoms with E-state index in [1.165, 1.54) is 17.9 Å². The minimum absolute atomic E-state index is 0.0768. The van der Waals surface area contributed by atoms with Crippen LogP contribution in [0, 0.1) is 6.92 Å². The number of aryl methyl sites for hydroxylation is 1. The highest BCUT2D eigenvalue weighted by molar-refractivity contribution is 7.83. The molecule has 1 unspecified atom stereocenters. The van der Waals surface area contributed by atoms with Gasteiger partial charge in [-0.15, -0.1) is 0 Å². The van der Waals surface area contributed by atoms with E-state index in [9.17, 15) is 14.5 Å². The second kappa shape index (κ2) is 13.7. The molecule has 0 bridgehead atoms. The second-order valence-corrected chi connectivity index (χ2v) is 12.2. The van der Waals surface area contributed by atoms with E-state index in [4.69, 9.17) is 35.6 Å². The molecular weight excluding hydrogens is 598 g/mol. The Balaban J connectivity index is 1.59. The fraction of sp³-hybridized carbons (Fsp3) is 0.312. The summed E-state index contributed by atoms with van der Waals surface area (Å²) in [5.74, 6) is 1.34. The monoisotopic (exact) mass is 632 g/mol.